The first-order valence-corrected chi connectivity index (χ1v) is 6.96. The standard InChI is InChI=1S/C12H18O5S/c1-10-3-5-12(6-4-10)18(14,15)17-9-11(7-13)8-16-2/h3-6,11,13H,7-9H2,1-2H3. The van der Waals surface area contributed by atoms with Gasteiger partial charge in [0.1, 0.15) is 0 Å². The Bertz CT molecular complexity index is 452. The first-order valence-electron chi connectivity index (χ1n) is 5.55. The molecular formula is C12H18O5S. The largest absolute Gasteiger partial charge is 0.396 e. The topological polar surface area (TPSA) is 72.8 Å². The van der Waals surface area contributed by atoms with Crippen LogP contribution in [0.2, 0.25) is 0 Å². The molecule has 1 rings (SSSR count). The zero-order valence-corrected chi connectivity index (χ0v) is 11.3. The van der Waals surface area contributed by atoms with Gasteiger partial charge in [0, 0.05) is 13.0 Å². The quantitative estimate of drug-likeness (QED) is 0.750. The summed E-state index contributed by atoms with van der Waals surface area (Å²) in [7, 11) is -2.28. The lowest BCUT2D eigenvalue weighted by molar-refractivity contribution is 0.0800. The maximum atomic E-state index is 11.8. The molecule has 0 heterocycles. The summed E-state index contributed by atoms with van der Waals surface area (Å²) in [4.78, 5) is 0.113. The van der Waals surface area contributed by atoms with E-state index in [9.17, 15) is 8.42 Å². The van der Waals surface area contributed by atoms with Gasteiger partial charge < -0.3 is 9.84 Å². The maximum Gasteiger partial charge on any atom is 0.296 e. The van der Waals surface area contributed by atoms with Crippen molar-refractivity contribution in [2.75, 3.05) is 26.9 Å². The highest BCUT2D eigenvalue weighted by Gasteiger charge is 2.18. The van der Waals surface area contributed by atoms with Gasteiger partial charge in [0.15, 0.2) is 0 Å². The summed E-state index contributed by atoms with van der Waals surface area (Å²) in [6, 6.07) is 6.40. The molecule has 0 fully saturated rings. The van der Waals surface area contributed by atoms with E-state index in [0.717, 1.165) is 5.56 Å². The molecule has 0 bridgehead atoms. The van der Waals surface area contributed by atoms with E-state index in [1.54, 1.807) is 12.1 Å². The van der Waals surface area contributed by atoms with E-state index >= 15 is 0 Å². The van der Waals surface area contributed by atoms with Gasteiger partial charge in [-0.3, -0.25) is 4.18 Å². The minimum absolute atomic E-state index is 0.0967. The van der Waals surface area contributed by atoms with Crippen LogP contribution in [0.5, 0.6) is 0 Å². The lowest BCUT2D eigenvalue weighted by Crippen LogP contribution is -2.21. The Hall–Kier alpha value is -0.950. The van der Waals surface area contributed by atoms with Crippen LogP contribution in [-0.4, -0.2) is 40.5 Å². The van der Waals surface area contributed by atoms with Gasteiger partial charge in [0.2, 0.25) is 0 Å². The summed E-state index contributed by atoms with van der Waals surface area (Å²) in [5.41, 5.74) is 0.974. The summed E-state index contributed by atoms with van der Waals surface area (Å²) in [6.07, 6.45) is 0. The molecule has 0 saturated heterocycles. The molecule has 1 N–H and O–H groups in total. The number of aliphatic hydroxyl groups excluding tert-OH is 1. The first-order chi connectivity index (χ1) is 8.49. The van der Waals surface area contributed by atoms with Crippen molar-refractivity contribution in [3.8, 4) is 0 Å². The second-order valence-electron chi connectivity index (χ2n) is 4.06. The lowest BCUT2D eigenvalue weighted by atomic mass is 10.2. The Morgan fingerprint density at radius 1 is 1.22 bits per heavy atom. The molecule has 1 aromatic rings. The van der Waals surface area contributed by atoms with Gasteiger partial charge in [-0.2, -0.15) is 8.42 Å². The van der Waals surface area contributed by atoms with E-state index < -0.39 is 10.1 Å². The minimum Gasteiger partial charge on any atom is -0.396 e. The highest BCUT2D eigenvalue weighted by atomic mass is 32.2. The number of hydrogen-bond donors (Lipinski definition) is 1. The summed E-state index contributed by atoms with van der Waals surface area (Å²) in [5.74, 6) is -0.352. The number of rotatable bonds is 7. The Morgan fingerprint density at radius 2 is 1.83 bits per heavy atom. The Kier molecular flexibility index (Phi) is 5.74. The summed E-state index contributed by atoms with van der Waals surface area (Å²) >= 11 is 0. The predicted molar refractivity (Wildman–Crippen MR) is 66.8 cm³/mol. The fourth-order valence-electron chi connectivity index (χ4n) is 1.35. The number of hydrogen-bond acceptors (Lipinski definition) is 5. The molecule has 1 aromatic carbocycles. The van der Waals surface area contributed by atoms with Crippen LogP contribution in [0, 0.1) is 12.8 Å². The average molecular weight is 274 g/mol. The summed E-state index contributed by atoms with van der Waals surface area (Å²) in [6.45, 7) is 1.84. The fraction of sp³-hybridized carbons (Fsp3) is 0.500. The van der Waals surface area contributed by atoms with Crippen molar-refractivity contribution in [2.45, 2.75) is 11.8 Å². The zero-order chi connectivity index (χ0) is 13.6. The number of ether oxygens (including phenoxy) is 1. The van der Waals surface area contributed by atoms with Crippen LogP contribution in [0.4, 0.5) is 0 Å². The van der Waals surface area contributed by atoms with E-state index in [2.05, 4.69) is 0 Å². The molecule has 18 heavy (non-hydrogen) atoms. The molecule has 1 atom stereocenters. The molecule has 6 heteroatoms. The van der Waals surface area contributed by atoms with Crippen molar-refractivity contribution in [1.29, 1.82) is 0 Å². The fourth-order valence-corrected chi connectivity index (χ4v) is 2.33. The van der Waals surface area contributed by atoms with Gasteiger partial charge in [-0.15, -0.1) is 0 Å². The molecule has 0 spiro atoms. The zero-order valence-electron chi connectivity index (χ0n) is 10.5. The summed E-state index contributed by atoms with van der Waals surface area (Å²) < 4.78 is 33.4. The van der Waals surface area contributed by atoms with Gasteiger partial charge in [0.05, 0.1) is 24.7 Å². The molecule has 5 nitrogen and oxygen atoms in total. The van der Waals surface area contributed by atoms with E-state index in [1.165, 1.54) is 19.2 Å². The van der Waals surface area contributed by atoms with Gasteiger partial charge in [-0.25, -0.2) is 0 Å². The molecule has 0 aliphatic carbocycles. The molecule has 0 saturated carbocycles. The van der Waals surface area contributed by atoms with Crippen molar-refractivity contribution in [2.24, 2.45) is 5.92 Å². The second kappa shape index (κ2) is 6.84. The maximum absolute atomic E-state index is 11.8. The molecule has 102 valence electrons. The molecule has 0 aromatic heterocycles. The molecule has 1 unspecified atom stereocenters. The molecule has 0 aliphatic rings. The normalized spacial score (nSPS) is 13.5. The third kappa shape index (κ3) is 4.38. The molecule has 0 aliphatic heterocycles. The van der Waals surface area contributed by atoms with Crippen molar-refractivity contribution >= 4 is 10.1 Å². The van der Waals surface area contributed by atoms with Gasteiger partial charge in [0.25, 0.3) is 10.1 Å². The number of benzene rings is 1. The van der Waals surface area contributed by atoms with Crippen LogP contribution in [0.25, 0.3) is 0 Å². The van der Waals surface area contributed by atoms with E-state index in [0.29, 0.717) is 0 Å². The molecular weight excluding hydrogens is 256 g/mol. The van der Waals surface area contributed by atoms with E-state index in [-0.39, 0.29) is 30.6 Å². The van der Waals surface area contributed by atoms with E-state index in [4.69, 9.17) is 14.0 Å². The first kappa shape index (κ1) is 15.1. The Balaban J connectivity index is 2.67. The van der Waals surface area contributed by atoms with Gasteiger partial charge >= 0.3 is 0 Å². The van der Waals surface area contributed by atoms with Gasteiger partial charge in [-0.05, 0) is 19.1 Å². The number of aryl methyl sites for hydroxylation is 1. The molecule has 0 amide bonds. The van der Waals surface area contributed by atoms with E-state index in [1.807, 2.05) is 6.92 Å². The highest BCUT2D eigenvalue weighted by Crippen LogP contribution is 2.14. The lowest BCUT2D eigenvalue weighted by Gasteiger charge is -2.13. The van der Waals surface area contributed by atoms with Crippen LogP contribution >= 0.6 is 0 Å². The second-order valence-corrected chi connectivity index (χ2v) is 5.67. The number of aliphatic hydroxyl groups is 1. The third-order valence-electron chi connectivity index (χ3n) is 2.43. The minimum atomic E-state index is -3.77. The monoisotopic (exact) mass is 274 g/mol. The summed E-state index contributed by atoms with van der Waals surface area (Å²) in [5, 5.41) is 9.01. The van der Waals surface area contributed by atoms with Crippen LogP contribution in [0.3, 0.4) is 0 Å². The van der Waals surface area contributed by atoms with Gasteiger partial charge in [-0.1, -0.05) is 17.7 Å². The van der Waals surface area contributed by atoms with Crippen LogP contribution in [0.1, 0.15) is 5.56 Å². The SMILES string of the molecule is COCC(CO)COS(=O)(=O)c1ccc(C)cc1. The van der Waals surface area contributed by atoms with Crippen molar-refractivity contribution in [3.05, 3.63) is 29.8 Å². The van der Waals surface area contributed by atoms with Crippen molar-refractivity contribution in [1.82, 2.24) is 0 Å². The Labute approximate surface area is 107 Å². The van der Waals surface area contributed by atoms with Crippen LogP contribution in [0.15, 0.2) is 29.2 Å². The predicted octanol–water partition coefficient (Wildman–Crippen LogP) is 0.955. The smallest absolute Gasteiger partial charge is 0.296 e. The average Bonchev–Trinajstić information content (AvgIpc) is 2.35. The van der Waals surface area contributed by atoms with Crippen molar-refractivity contribution < 1.29 is 22.4 Å². The highest BCUT2D eigenvalue weighted by molar-refractivity contribution is 7.86. The van der Waals surface area contributed by atoms with Crippen LogP contribution < -0.4 is 0 Å². The number of methoxy groups -OCH3 is 1. The van der Waals surface area contributed by atoms with Crippen LogP contribution in [-0.2, 0) is 19.0 Å². The Morgan fingerprint density at radius 3 is 2.33 bits per heavy atom. The third-order valence-corrected chi connectivity index (χ3v) is 3.73. The molecule has 0 radical (unpaired) electrons. The van der Waals surface area contributed by atoms with Crippen molar-refractivity contribution in [3.63, 3.8) is 0 Å².